The molecule has 1 aromatic heterocycles. The number of aryl methyl sites for hydroxylation is 1. The van der Waals surface area contributed by atoms with Crippen LogP contribution in [-0.4, -0.2) is 22.3 Å². The summed E-state index contributed by atoms with van der Waals surface area (Å²) in [7, 11) is 0. The second kappa shape index (κ2) is 7.87. The van der Waals surface area contributed by atoms with Crippen molar-refractivity contribution in [2.24, 2.45) is 0 Å². The fourth-order valence-electron chi connectivity index (χ4n) is 2.62. The zero-order valence-corrected chi connectivity index (χ0v) is 14.2. The van der Waals surface area contributed by atoms with Crippen LogP contribution in [0.2, 0.25) is 0 Å². The Hall–Kier alpha value is -1.77. The molecule has 1 N–H and O–H groups in total. The van der Waals surface area contributed by atoms with Crippen LogP contribution in [0.25, 0.3) is 10.9 Å². The van der Waals surface area contributed by atoms with E-state index >= 15 is 0 Å². The largest absolute Gasteiger partial charge is 0.357 e. The van der Waals surface area contributed by atoms with Gasteiger partial charge in [-0.1, -0.05) is 39.3 Å². The van der Waals surface area contributed by atoms with Gasteiger partial charge in [0.1, 0.15) is 0 Å². The monoisotopic (exact) mass is 288 g/mol. The first-order chi connectivity index (χ1) is 10.1. The van der Waals surface area contributed by atoms with Crippen LogP contribution in [0, 0.1) is 6.92 Å². The lowest BCUT2D eigenvalue weighted by Gasteiger charge is -2.25. The van der Waals surface area contributed by atoms with Gasteiger partial charge in [-0.05, 0) is 31.0 Å². The van der Waals surface area contributed by atoms with Crippen molar-refractivity contribution >= 4 is 16.8 Å². The van der Waals surface area contributed by atoms with Crippen molar-refractivity contribution in [2.75, 3.05) is 6.54 Å². The maximum absolute atomic E-state index is 11.4. The van der Waals surface area contributed by atoms with Crippen molar-refractivity contribution in [1.29, 1.82) is 0 Å². The Bertz CT molecular complexity index is 599. The summed E-state index contributed by atoms with van der Waals surface area (Å²) in [4.78, 5) is 16.7. The molecule has 0 bridgehead atoms. The van der Waals surface area contributed by atoms with Crippen molar-refractivity contribution < 1.29 is 4.79 Å². The molecule has 2 heterocycles. The minimum atomic E-state index is 0.158. The number of nitrogens with zero attached hydrogens (tertiary/aromatic N) is 1. The van der Waals surface area contributed by atoms with Gasteiger partial charge in [-0.15, -0.1) is 0 Å². The van der Waals surface area contributed by atoms with Gasteiger partial charge in [-0.25, -0.2) is 0 Å². The van der Waals surface area contributed by atoms with E-state index in [9.17, 15) is 4.79 Å². The van der Waals surface area contributed by atoms with Crippen LogP contribution in [0.4, 0.5) is 0 Å². The molecule has 0 atom stereocenters. The summed E-state index contributed by atoms with van der Waals surface area (Å²) in [5, 5.41) is 1.32. The molecule has 116 valence electrons. The smallest absolute Gasteiger partial charge is 0.219 e. The van der Waals surface area contributed by atoms with E-state index < -0.39 is 0 Å². The number of nitrogens with one attached hydrogen (secondary N) is 1. The molecule has 1 aromatic carbocycles. The molecule has 0 fully saturated rings. The average Bonchev–Trinajstić information content (AvgIpc) is 2.88. The lowest BCUT2D eigenvalue weighted by molar-refractivity contribution is -0.129. The van der Waals surface area contributed by atoms with Crippen molar-refractivity contribution in [3.8, 4) is 0 Å². The minimum absolute atomic E-state index is 0.158. The van der Waals surface area contributed by atoms with Gasteiger partial charge in [0, 0.05) is 30.1 Å². The first-order valence-corrected chi connectivity index (χ1v) is 8.01. The number of H-pyrrole nitrogens is 1. The highest BCUT2D eigenvalue weighted by molar-refractivity contribution is 5.86. The Labute approximate surface area is 128 Å². The predicted molar refractivity (Wildman–Crippen MR) is 90.5 cm³/mol. The van der Waals surface area contributed by atoms with Crippen LogP contribution < -0.4 is 0 Å². The van der Waals surface area contributed by atoms with E-state index in [1.54, 1.807) is 6.92 Å². The Balaban J connectivity index is 0.000000510. The topological polar surface area (TPSA) is 36.1 Å². The molecule has 21 heavy (non-hydrogen) atoms. The van der Waals surface area contributed by atoms with Crippen LogP contribution in [0.1, 0.15) is 51.4 Å². The number of benzene rings is 1. The predicted octanol–water partition coefficient (Wildman–Crippen LogP) is 4.43. The van der Waals surface area contributed by atoms with Gasteiger partial charge in [0.25, 0.3) is 0 Å². The van der Waals surface area contributed by atoms with Crippen LogP contribution in [0.3, 0.4) is 0 Å². The summed E-state index contributed by atoms with van der Waals surface area (Å²) in [5.41, 5.74) is 5.06. The molecular weight excluding hydrogens is 260 g/mol. The molecule has 0 radical (unpaired) electrons. The number of hydrogen-bond acceptors (Lipinski definition) is 1. The van der Waals surface area contributed by atoms with E-state index in [0.717, 1.165) is 19.5 Å². The summed E-state index contributed by atoms with van der Waals surface area (Å²) in [6.07, 6.45) is 0.957. The van der Waals surface area contributed by atoms with Gasteiger partial charge in [-0.2, -0.15) is 0 Å². The van der Waals surface area contributed by atoms with Crippen LogP contribution in [0.5, 0.6) is 0 Å². The summed E-state index contributed by atoms with van der Waals surface area (Å²) < 4.78 is 0. The lowest BCUT2D eigenvalue weighted by atomic mass is 10.0. The third-order valence-corrected chi connectivity index (χ3v) is 3.58. The highest BCUT2D eigenvalue weighted by Gasteiger charge is 2.21. The second-order valence-corrected chi connectivity index (χ2v) is 4.82. The van der Waals surface area contributed by atoms with E-state index in [2.05, 4.69) is 30.1 Å². The summed E-state index contributed by atoms with van der Waals surface area (Å²) in [6.45, 7) is 13.3. The average molecular weight is 288 g/mol. The quantitative estimate of drug-likeness (QED) is 0.764. The maximum atomic E-state index is 11.4. The fourth-order valence-corrected chi connectivity index (χ4v) is 2.62. The standard InChI is InChI=1S/C14H16N2O.2C2H6/c1-9-3-4-13-12(7-9)11-5-6-16(10(2)17)8-14(11)15-13;2*1-2/h3-4,7,15H,5-6,8H2,1-2H3;2*1-2H3. The van der Waals surface area contributed by atoms with E-state index in [1.807, 2.05) is 32.6 Å². The van der Waals surface area contributed by atoms with Gasteiger partial charge in [0.15, 0.2) is 0 Å². The molecule has 0 saturated heterocycles. The van der Waals surface area contributed by atoms with Crippen LogP contribution in [-0.2, 0) is 17.8 Å². The number of carbonyl (C=O) groups excluding carboxylic acids is 1. The summed E-state index contributed by atoms with van der Waals surface area (Å²) in [6, 6.07) is 6.47. The molecule has 0 spiro atoms. The van der Waals surface area contributed by atoms with Gasteiger partial charge in [0.2, 0.25) is 5.91 Å². The van der Waals surface area contributed by atoms with Gasteiger partial charge in [0.05, 0.1) is 6.54 Å². The molecule has 2 aromatic rings. The molecule has 1 amide bonds. The number of aromatic nitrogens is 1. The Morgan fingerprint density at radius 2 is 1.86 bits per heavy atom. The molecule has 1 aliphatic rings. The van der Waals surface area contributed by atoms with E-state index in [-0.39, 0.29) is 5.91 Å². The van der Waals surface area contributed by atoms with Crippen LogP contribution in [0.15, 0.2) is 18.2 Å². The molecule has 3 rings (SSSR count). The molecule has 0 unspecified atom stereocenters. The minimum Gasteiger partial charge on any atom is -0.357 e. The first kappa shape index (κ1) is 17.3. The number of carbonyl (C=O) groups is 1. The Morgan fingerprint density at radius 1 is 1.19 bits per heavy atom. The van der Waals surface area contributed by atoms with E-state index in [1.165, 1.54) is 27.7 Å². The number of rotatable bonds is 0. The third kappa shape index (κ3) is 3.66. The van der Waals surface area contributed by atoms with Gasteiger partial charge < -0.3 is 9.88 Å². The normalized spacial score (nSPS) is 12.8. The number of amides is 1. The van der Waals surface area contributed by atoms with Gasteiger partial charge >= 0.3 is 0 Å². The van der Waals surface area contributed by atoms with Crippen molar-refractivity contribution in [1.82, 2.24) is 9.88 Å². The SMILES string of the molecule is CC.CC.CC(=O)N1CCc2c([nH]c3ccc(C)cc23)C1. The number of fused-ring (bicyclic) bond motifs is 3. The zero-order valence-electron chi connectivity index (χ0n) is 14.2. The van der Waals surface area contributed by atoms with Gasteiger partial charge in [-0.3, -0.25) is 4.79 Å². The van der Waals surface area contributed by atoms with E-state index in [4.69, 9.17) is 0 Å². The molecule has 0 saturated carbocycles. The zero-order chi connectivity index (χ0) is 16.0. The third-order valence-electron chi connectivity index (χ3n) is 3.58. The Kier molecular flexibility index (Phi) is 6.47. The highest BCUT2D eigenvalue weighted by Crippen LogP contribution is 2.28. The molecule has 3 heteroatoms. The highest BCUT2D eigenvalue weighted by atomic mass is 16.2. The summed E-state index contributed by atoms with van der Waals surface area (Å²) >= 11 is 0. The molecule has 0 aliphatic carbocycles. The van der Waals surface area contributed by atoms with Crippen molar-refractivity contribution in [3.63, 3.8) is 0 Å². The Morgan fingerprint density at radius 3 is 2.48 bits per heavy atom. The van der Waals surface area contributed by atoms with Crippen LogP contribution >= 0.6 is 0 Å². The molecule has 3 nitrogen and oxygen atoms in total. The van der Waals surface area contributed by atoms with E-state index in [0.29, 0.717) is 0 Å². The lowest BCUT2D eigenvalue weighted by Crippen LogP contribution is -2.34. The van der Waals surface area contributed by atoms with Crippen molar-refractivity contribution in [2.45, 2.75) is 54.5 Å². The first-order valence-electron chi connectivity index (χ1n) is 8.01. The summed E-state index contributed by atoms with van der Waals surface area (Å²) in [5.74, 6) is 0.158. The molecular formula is C18H28N2O. The maximum Gasteiger partial charge on any atom is 0.219 e. The second-order valence-electron chi connectivity index (χ2n) is 4.82. The fraction of sp³-hybridized carbons (Fsp3) is 0.500. The number of aromatic amines is 1. The number of hydrogen-bond donors (Lipinski definition) is 1. The van der Waals surface area contributed by atoms with Crippen molar-refractivity contribution in [3.05, 3.63) is 35.0 Å². The molecule has 1 aliphatic heterocycles.